The lowest BCUT2D eigenvalue weighted by Crippen LogP contribution is -2.20. The number of Topliss-reactive ketones (excluding diaryl/α,β-unsaturated/α-hetero) is 1. The van der Waals surface area contributed by atoms with Crippen molar-refractivity contribution in [3.8, 4) is 5.75 Å². The van der Waals surface area contributed by atoms with Crippen LogP contribution >= 0.6 is 0 Å². The molecule has 1 heterocycles. The largest absolute Gasteiger partial charge is 0.493 e. The summed E-state index contributed by atoms with van der Waals surface area (Å²) in [4.78, 5) is 11.8. The molecule has 0 bridgehead atoms. The molecule has 0 spiro atoms. The first-order valence-corrected chi connectivity index (χ1v) is 6.83. The smallest absolute Gasteiger partial charge is 0.411 e. The highest BCUT2D eigenvalue weighted by atomic mass is 19.4. The lowest BCUT2D eigenvalue weighted by atomic mass is 9.88. The number of alkyl halides is 3. The number of rotatable bonds is 6. The third-order valence-electron chi connectivity index (χ3n) is 3.35. The molecule has 2 rings (SSSR count). The van der Waals surface area contributed by atoms with E-state index in [2.05, 4.69) is 4.74 Å². The minimum absolute atomic E-state index is 0.00953. The van der Waals surface area contributed by atoms with E-state index in [-0.39, 0.29) is 24.7 Å². The van der Waals surface area contributed by atoms with Gasteiger partial charge in [0.1, 0.15) is 18.1 Å². The number of benzene rings is 1. The standard InChI is InChI=1S/C15H17F3O3/c16-15(17,18)10-20-7-6-12(19)9-11-5-8-21-14-4-2-1-3-13(11)14/h1-4,11H,5-10H2. The van der Waals surface area contributed by atoms with Crippen LogP contribution in [0.3, 0.4) is 0 Å². The van der Waals surface area contributed by atoms with Crippen LogP contribution in [0.2, 0.25) is 0 Å². The summed E-state index contributed by atoms with van der Waals surface area (Å²) in [6, 6.07) is 7.54. The lowest BCUT2D eigenvalue weighted by Gasteiger charge is -2.25. The van der Waals surface area contributed by atoms with Crippen LogP contribution in [0.4, 0.5) is 13.2 Å². The summed E-state index contributed by atoms with van der Waals surface area (Å²) in [6.07, 6.45) is -3.28. The Balaban J connectivity index is 1.79. The van der Waals surface area contributed by atoms with Crippen LogP contribution in [0.5, 0.6) is 5.75 Å². The van der Waals surface area contributed by atoms with Gasteiger partial charge in [-0.25, -0.2) is 0 Å². The van der Waals surface area contributed by atoms with E-state index in [1.165, 1.54) is 0 Å². The minimum Gasteiger partial charge on any atom is -0.493 e. The maximum Gasteiger partial charge on any atom is 0.411 e. The van der Waals surface area contributed by atoms with Crippen LogP contribution in [-0.4, -0.2) is 31.8 Å². The molecule has 3 nitrogen and oxygen atoms in total. The summed E-state index contributed by atoms with van der Waals surface area (Å²) in [5, 5.41) is 0. The molecule has 0 saturated carbocycles. The van der Waals surface area contributed by atoms with E-state index in [0.717, 1.165) is 17.7 Å². The average Bonchev–Trinajstić information content (AvgIpc) is 2.43. The Labute approximate surface area is 121 Å². The molecule has 1 aliphatic rings. The molecule has 1 aliphatic heterocycles. The Kier molecular flexibility index (Phi) is 5.22. The van der Waals surface area contributed by atoms with Gasteiger partial charge in [-0.05, 0) is 24.0 Å². The Bertz CT molecular complexity index is 485. The van der Waals surface area contributed by atoms with Crippen molar-refractivity contribution in [3.63, 3.8) is 0 Å². The molecule has 21 heavy (non-hydrogen) atoms. The fraction of sp³-hybridized carbons (Fsp3) is 0.533. The van der Waals surface area contributed by atoms with Gasteiger partial charge in [-0.2, -0.15) is 13.2 Å². The molecule has 0 N–H and O–H groups in total. The van der Waals surface area contributed by atoms with E-state index >= 15 is 0 Å². The Morgan fingerprint density at radius 1 is 1.33 bits per heavy atom. The van der Waals surface area contributed by atoms with Gasteiger partial charge in [-0.1, -0.05) is 18.2 Å². The third kappa shape index (κ3) is 5.04. The van der Waals surface area contributed by atoms with Gasteiger partial charge in [-0.3, -0.25) is 4.79 Å². The Morgan fingerprint density at radius 3 is 2.86 bits per heavy atom. The van der Waals surface area contributed by atoms with Crippen molar-refractivity contribution in [3.05, 3.63) is 29.8 Å². The van der Waals surface area contributed by atoms with Crippen LogP contribution in [0.1, 0.15) is 30.7 Å². The van der Waals surface area contributed by atoms with Crippen molar-refractivity contribution in [2.45, 2.75) is 31.4 Å². The molecular weight excluding hydrogens is 285 g/mol. The van der Waals surface area contributed by atoms with Crippen molar-refractivity contribution >= 4 is 5.78 Å². The van der Waals surface area contributed by atoms with Crippen molar-refractivity contribution in [1.29, 1.82) is 0 Å². The molecule has 0 radical (unpaired) electrons. The van der Waals surface area contributed by atoms with Gasteiger partial charge >= 0.3 is 6.18 Å². The van der Waals surface area contributed by atoms with Gasteiger partial charge in [0.25, 0.3) is 0 Å². The van der Waals surface area contributed by atoms with E-state index in [0.29, 0.717) is 13.0 Å². The van der Waals surface area contributed by atoms with Crippen molar-refractivity contribution < 1.29 is 27.4 Å². The summed E-state index contributed by atoms with van der Waals surface area (Å²) >= 11 is 0. The summed E-state index contributed by atoms with van der Waals surface area (Å²) in [7, 11) is 0. The van der Waals surface area contributed by atoms with Crippen LogP contribution < -0.4 is 4.74 Å². The van der Waals surface area contributed by atoms with Crippen molar-refractivity contribution in [2.24, 2.45) is 0 Å². The van der Waals surface area contributed by atoms with Gasteiger partial charge in [0.2, 0.25) is 0 Å². The molecule has 1 unspecified atom stereocenters. The van der Waals surface area contributed by atoms with E-state index in [1.807, 2.05) is 24.3 Å². The molecule has 6 heteroatoms. The highest BCUT2D eigenvalue weighted by Gasteiger charge is 2.27. The second-order valence-corrected chi connectivity index (χ2v) is 5.03. The third-order valence-corrected chi connectivity index (χ3v) is 3.35. The van der Waals surface area contributed by atoms with Gasteiger partial charge in [-0.15, -0.1) is 0 Å². The summed E-state index contributed by atoms with van der Waals surface area (Å²) in [5.41, 5.74) is 0.994. The second kappa shape index (κ2) is 6.93. The number of hydrogen-bond donors (Lipinski definition) is 0. The highest BCUT2D eigenvalue weighted by Crippen LogP contribution is 2.35. The number of carbonyl (C=O) groups excluding carboxylic acids is 1. The number of carbonyl (C=O) groups is 1. The summed E-state index contributed by atoms with van der Waals surface area (Å²) in [5.74, 6) is 0.777. The molecular formula is C15H17F3O3. The molecule has 0 amide bonds. The number of para-hydroxylation sites is 1. The van der Waals surface area contributed by atoms with Gasteiger partial charge in [0, 0.05) is 12.8 Å². The zero-order chi connectivity index (χ0) is 15.3. The van der Waals surface area contributed by atoms with Gasteiger partial charge in [0.15, 0.2) is 0 Å². The van der Waals surface area contributed by atoms with E-state index in [9.17, 15) is 18.0 Å². The lowest BCUT2D eigenvalue weighted by molar-refractivity contribution is -0.174. The van der Waals surface area contributed by atoms with Gasteiger partial charge < -0.3 is 9.47 Å². The monoisotopic (exact) mass is 302 g/mol. The first kappa shape index (κ1) is 15.8. The molecule has 0 aromatic heterocycles. The number of ketones is 1. The minimum atomic E-state index is -4.34. The van der Waals surface area contributed by atoms with Crippen LogP contribution in [0.25, 0.3) is 0 Å². The fourth-order valence-electron chi connectivity index (χ4n) is 2.38. The molecule has 0 aliphatic carbocycles. The molecule has 0 saturated heterocycles. The van der Waals surface area contributed by atoms with Crippen LogP contribution in [0.15, 0.2) is 24.3 Å². The molecule has 1 aromatic rings. The SMILES string of the molecule is O=C(CCOCC(F)(F)F)CC1CCOc2ccccc21. The number of hydrogen-bond acceptors (Lipinski definition) is 3. The van der Waals surface area contributed by atoms with Crippen molar-refractivity contribution in [1.82, 2.24) is 0 Å². The first-order valence-electron chi connectivity index (χ1n) is 6.83. The van der Waals surface area contributed by atoms with Crippen LogP contribution in [-0.2, 0) is 9.53 Å². The highest BCUT2D eigenvalue weighted by molar-refractivity contribution is 5.79. The fourth-order valence-corrected chi connectivity index (χ4v) is 2.38. The maximum atomic E-state index is 11.9. The summed E-state index contributed by atoms with van der Waals surface area (Å²) < 4.78 is 45.7. The van der Waals surface area contributed by atoms with Crippen molar-refractivity contribution in [2.75, 3.05) is 19.8 Å². The average molecular weight is 302 g/mol. The first-order chi connectivity index (χ1) is 9.96. The predicted molar refractivity (Wildman–Crippen MR) is 70.4 cm³/mol. The zero-order valence-electron chi connectivity index (χ0n) is 11.5. The molecule has 1 atom stereocenters. The topological polar surface area (TPSA) is 35.5 Å². The van der Waals surface area contributed by atoms with Crippen LogP contribution in [0, 0.1) is 0 Å². The number of ether oxygens (including phenoxy) is 2. The molecule has 1 aromatic carbocycles. The summed E-state index contributed by atoms with van der Waals surface area (Å²) in [6.45, 7) is -0.941. The Morgan fingerprint density at radius 2 is 2.10 bits per heavy atom. The molecule has 116 valence electrons. The number of halogens is 3. The van der Waals surface area contributed by atoms with Gasteiger partial charge in [0.05, 0.1) is 13.2 Å². The van der Waals surface area contributed by atoms with E-state index < -0.39 is 12.8 Å². The second-order valence-electron chi connectivity index (χ2n) is 5.03. The number of fused-ring (bicyclic) bond motifs is 1. The Hall–Kier alpha value is -1.56. The molecule has 0 fully saturated rings. The van der Waals surface area contributed by atoms with E-state index in [1.54, 1.807) is 0 Å². The maximum absolute atomic E-state index is 11.9. The quantitative estimate of drug-likeness (QED) is 0.755. The zero-order valence-corrected chi connectivity index (χ0v) is 11.5. The van der Waals surface area contributed by atoms with E-state index in [4.69, 9.17) is 4.74 Å². The normalized spacial score (nSPS) is 18.0. The predicted octanol–water partition coefficient (Wildman–Crippen LogP) is 3.48.